The van der Waals surface area contributed by atoms with Gasteiger partial charge in [0.25, 0.3) is 0 Å². The van der Waals surface area contributed by atoms with Gasteiger partial charge in [0.2, 0.25) is 0 Å². The number of nitrogen functional groups attached to an aromatic ring is 1. The van der Waals surface area contributed by atoms with Crippen molar-refractivity contribution in [2.45, 2.75) is 0 Å². The van der Waals surface area contributed by atoms with Crippen molar-refractivity contribution >= 4 is 30.3 Å². The van der Waals surface area contributed by atoms with Gasteiger partial charge in [0.1, 0.15) is 24.9 Å². The van der Waals surface area contributed by atoms with Crippen molar-refractivity contribution in [3.05, 3.63) is 35.4 Å². The van der Waals surface area contributed by atoms with E-state index in [0.717, 1.165) is 16.4 Å². The van der Waals surface area contributed by atoms with Crippen molar-refractivity contribution in [1.82, 2.24) is 0 Å². The Balaban J connectivity index is 2.79. The summed E-state index contributed by atoms with van der Waals surface area (Å²) in [5, 5.41) is 0.775. The molecule has 1 aromatic rings. The Kier molecular flexibility index (Phi) is 2.26. The first-order chi connectivity index (χ1) is 7.00. The van der Waals surface area contributed by atoms with Crippen LogP contribution in [0.15, 0.2) is 18.2 Å². The molecule has 0 amide bonds. The lowest BCUT2D eigenvalue weighted by atomic mass is 10.0. The number of allylic oxidation sites excluding steroid dienone is 2. The van der Waals surface area contributed by atoms with Gasteiger partial charge >= 0.3 is 0 Å². The van der Waals surface area contributed by atoms with E-state index in [9.17, 15) is 4.57 Å². The van der Waals surface area contributed by atoms with E-state index in [1.54, 1.807) is 13.3 Å². The molecule has 0 bridgehead atoms. The van der Waals surface area contributed by atoms with E-state index in [4.69, 9.17) is 5.73 Å². The molecule has 0 radical (unpaired) electrons. The molecule has 2 N–H and O–H groups in total. The van der Waals surface area contributed by atoms with E-state index < -0.39 is 7.14 Å². The van der Waals surface area contributed by atoms with Crippen LogP contribution < -0.4 is 11.0 Å². The predicted octanol–water partition coefficient (Wildman–Crippen LogP) is 2.36. The van der Waals surface area contributed by atoms with Crippen molar-refractivity contribution < 1.29 is 4.57 Å². The van der Waals surface area contributed by atoms with Gasteiger partial charge in [-0.3, -0.25) is 0 Å². The molecule has 0 aliphatic heterocycles. The predicted molar refractivity (Wildman–Crippen MR) is 66.7 cm³/mol. The summed E-state index contributed by atoms with van der Waals surface area (Å²) >= 11 is 0. The van der Waals surface area contributed by atoms with E-state index in [1.807, 2.05) is 30.4 Å². The molecule has 15 heavy (non-hydrogen) atoms. The van der Waals surface area contributed by atoms with Crippen molar-refractivity contribution in [3.8, 4) is 0 Å². The summed E-state index contributed by atoms with van der Waals surface area (Å²) in [6.45, 7) is 3.48. The standard InChI is InChI=1S/C12H13NOP/c1-15(2,14)12-10-6-4-3-5-9(10)7-8-11(12)13/h3,5-8H,13H2,1-2H3/q+1. The van der Waals surface area contributed by atoms with Crippen LogP contribution in [0.3, 0.4) is 0 Å². The molecule has 0 saturated heterocycles. The van der Waals surface area contributed by atoms with Crippen molar-refractivity contribution in [1.29, 1.82) is 0 Å². The lowest BCUT2D eigenvalue weighted by Gasteiger charge is -2.12. The molecule has 0 heterocycles. The largest absolute Gasteiger partial charge is 0.397 e. The minimum absolute atomic E-state index is 0.607. The third-order valence-electron chi connectivity index (χ3n) is 2.41. The van der Waals surface area contributed by atoms with Gasteiger partial charge in [0.05, 0.1) is 22.6 Å². The molecule has 1 aliphatic rings. The quantitative estimate of drug-likeness (QED) is 0.446. The van der Waals surface area contributed by atoms with Crippen LogP contribution >= 0.6 is 7.14 Å². The Morgan fingerprint density at radius 2 is 2.07 bits per heavy atom. The third-order valence-corrected chi connectivity index (χ3v) is 3.98. The van der Waals surface area contributed by atoms with Gasteiger partial charge in [-0.15, -0.1) is 0 Å². The second-order valence-electron chi connectivity index (χ2n) is 4.00. The first-order valence-corrected chi connectivity index (χ1v) is 7.34. The lowest BCUT2D eigenvalue weighted by molar-refractivity contribution is 0.588. The van der Waals surface area contributed by atoms with Gasteiger partial charge in [-0.25, -0.2) is 0 Å². The topological polar surface area (TPSA) is 43.1 Å². The van der Waals surface area contributed by atoms with Crippen molar-refractivity contribution in [2.24, 2.45) is 0 Å². The summed E-state index contributed by atoms with van der Waals surface area (Å²) in [5.74, 6) is 0. The summed E-state index contributed by atoms with van der Waals surface area (Å²) in [5.41, 5.74) is 8.50. The molecule has 2 nitrogen and oxygen atoms in total. The fourth-order valence-electron chi connectivity index (χ4n) is 1.81. The first kappa shape index (κ1) is 10.2. The van der Waals surface area contributed by atoms with E-state index in [1.165, 1.54) is 0 Å². The average molecular weight is 218 g/mol. The number of rotatable bonds is 1. The van der Waals surface area contributed by atoms with Crippen LogP contribution in [0.2, 0.25) is 0 Å². The average Bonchev–Trinajstić information content (AvgIpc) is 2.15. The van der Waals surface area contributed by atoms with Crippen LogP contribution in [0, 0.1) is 6.08 Å². The molecule has 3 heteroatoms. The SMILES string of the molecule is CP(C)(=O)c1c(N)ccc2c1C=[C+]C=C2. The molecule has 0 aromatic heterocycles. The maximum Gasteiger partial charge on any atom is 0.125 e. The summed E-state index contributed by atoms with van der Waals surface area (Å²) in [6, 6.07) is 3.76. The lowest BCUT2D eigenvalue weighted by Crippen LogP contribution is -2.15. The van der Waals surface area contributed by atoms with Crippen LogP contribution in [0.25, 0.3) is 12.2 Å². The second kappa shape index (κ2) is 3.34. The molecule has 0 atom stereocenters. The van der Waals surface area contributed by atoms with Crippen LogP contribution in [0.5, 0.6) is 0 Å². The number of benzene rings is 1. The highest BCUT2D eigenvalue weighted by Crippen LogP contribution is 2.40. The Morgan fingerprint density at radius 1 is 1.33 bits per heavy atom. The van der Waals surface area contributed by atoms with Crippen LogP contribution in [-0.2, 0) is 4.57 Å². The van der Waals surface area contributed by atoms with E-state index in [0.29, 0.717) is 5.69 Å². The fraction of sp³-hybridized carbons (Fsp3) is 0.167. The zero-order valence-electron chi connectivity index (χ0n) is 8.82. The highest BCUT2D eigenvalue weighted by Gasteiger charge is 2.25. The van der Waals surface area contributed by atoms with Crippen LogP contribution in [0.1, 0.15) is 11.1 Å². The Labute approximate surface area is 89.9 Å². The molecule has 0 spiro atoms. The molecule has 1 aromatic carbocycles. The van der Waals surface area contributed by atoms with E-state index in [2.05, 4.69) is 6.08 Å². The van der Waals surface area contributed by atoms with Gasteiger partial charge in [-0.1, -0.05) is 0 Å². The van der Waals surface area contributed by atoms with Gasteiger partial charge < -0.3 is 10.3 Å². The second-order valence-corrected chi connectivity index (χ2v) is 7.15. The normalized spacial score (nSPS) is 13.5. The van der Waals surface area contributed by atoms with E-state index >= 15 is 0 Å². The molecule has 0 unspecified atom stereocenters. The monoisotopic (exact) mass is 218 g/mol. The van der Waals surface area contributed by atoms with Crippen molar-refractivity contribution in [3.63, 3.8) is 0 Å². The van der Waals surface area contributed by atoms with Gasteiger partial charge in [-0.2, -0.15) is 0 Å². The molecule has 76 valence electrons. The Hall–Kier alpha value is -1.36. The van der Waals surface area contributed by atoms with Crippen molar-refractivity contribution in [2.75, 3.05) is 19.1 Å². The molecule has 1 aliphatic carbocycles. The van der Waals surface area contributed by atoms with Gasteiger partial charge in [0.15, 0.2) is 0 Å². The highest BCUT2D eigenvalue weighted by atomic mass is 31.2. The smallest absolute Gasteiger partial charge is 0.125 e. The minimum Gasteiger partial charge on any atom is -0.397 e. The van der Waals surface area contributed by atoms with Crippen LogP contribution in [-0.4, -0.2) is 13.3 Å². The molecule has 0 saturated carbocycles. The molecule has 2 rings (SSSR count). The van der Waals surface area contributed by atoms with E-state index in [-0.39, 0.29) is 0 Å². The number of fused-ring (bicyclic) bond motifs is 1. The molecule has 0 fully saturated rings. The summed E-state index contributed by atoms with van der Waals surface area (Å²) < 4.78 is 12.2. The summed E-state index contributed by atoms with van der Waals surface area (Å²) in [7, 11) is -2.35. The van der Waals surface area contributed by atoms with Gasteiger partial charge in [0, 0.05) is 6.08 Å². The number of nitrogens with two attached hydrogens (primary N) is 1. The van der Waals surface area contributed by atoms with Crippen LogP contribution in [0.4, 0.5) is 5.69 Å². The maximum absolute atomic E-state index is 12.2. The zero-order valence-corrected chi connectivity index (χ0v) is 9.71. The minimum atomic E-state index is -2.35. The maximum atomic E-state index is 12.2. The molecular weight excluding hydrogens is 205 g/mol. The Bertz CT molecular complexity index is 509. The summed E-state index contributed by atoms with van der Waals surface area (Å²) in [6.07, 6.45) is 8.64. The fourth-order valence-corrected chi connectivity index (χ4v) is 3.28. The summed E-state index contributed by atoms with van der Waals surface area (Å²) in [4.78, 5) is 0. The number of hydrogen-bond donors (Lipinski definition) is 1. The zero-order chi connectivity index (χ0) is 11.1. The first-order valence-electron chi connectivity index (χ1n) is 4.74. The number of anilines is 1. The third kappa shape index (κ3) is 1.74. The molecular formula is C12H13NOP+. The Morgan fingerprint density at radius 3 is 2.73 bits per heavy atom. The number of hydrogen-bond acceptors (Lipinski definition) is 2. The van der Waals surface area contributed by atoms with Gasteiger partial charge in [-0.05, 0) is 25.5 Å². The highest BCUT2D eigenvalue weighted by molar-refractivity contribution is 7.70.